The van der Waals surface area contributed by atoms with Crippen LogP contribution < -0.4 is 4.90 Å². The second-order valence-electron chi connectivity index (χ2n) is 12.2. The highest BCUT2D eigenvalue weighted by atomic mass is 19.1. The van der Waals surface area contributed by atoms with Gasteiger partial charge >= 0.3 is 0 Å². The number of hydrogen-bond acceptors (Lipinski definition) is 5. The van der Waals surface area contributed by atoms with E-state index in [1.54, 1.807) is 17.0 Å². The molecule has 2 saturated heterocycles. The van der Waals surface area contributed by atoms with Crippen molar-refractivity contribution in [3.05, 3.63) is 114 Å². The summed E-state index contributed by atoms with van der Waals surface area (Å²) in [4.78, 5) is 25.3. The van der Waals surface area contributed by atoms with Crippen LogP contribution in [-0.2, 0) is 11.2 Å². The summed E-state index contributed by atoms with van der Waals surface area (Å²) < 4.78 is 13.9. The van der Waals surface area contributed by atoms with Crippen molar-refractivity contribution in [3.8, 4) is 0 Å². The van der Waals surface area contributed by atoms with Gasteiger partial charge in [-0.05, 0) is 77.9 Å². The van der Waals surface area contributed by atoms with Crippen LogP contribution in [0.5, 0.6) is 0 Å². The standard InChI is InChI=1S/C36H37FN4O2/c1-25(26-7-3-2-4-8-26)38-22-31(42)23-40-24-41(30-15-13-29(37)14-16-30)36(35(40)43)17-19-39(20-18-36)33-21-28-11-5-9-27-10-6-12-32(33)34(27)28/h2-16,31,33,42H,17-24H2,1H3/t31-,33?/m1/s1. The first kappa shape index (κ1) is 27.7. The summed E-state index contributed by atoms with van der Waals surface area (Å²) in [5.74, 6) is -0.261. The molecule has 1 amide bonds. The SMILES string of the molecule is CC(=NC[C@@H](O)CN1CN(c2ccc(F)cc2)C2(CCN(C3Cc4cccc5cccc3c45)CC2)C1=O)c1ccccc1. The lowest BCUT2D eigenvalue weighted by Crippen LogP contribution is -2.57. The second-order valence-corrected chi connectivity index (χ2v) is 12.2. The van der Waals surface area contributed by atoms with Gasteiger partial charge in [-0.25, -0.2) is 4.39 Å². The number of piperidine rings is 1. The van der Waals surface area contributed by atoms with Crippen LogP contribution in [0.4, 0.5) is 10.1 Å². The Morgan fingerprint density at radius 1 is 0.977 bits per heavy atom. The molecule has 0 saturated carbocycles. The van der Waals surface area contributed by atoms with E-state index in [2.05, 4.69) is 51.2 Å². The average Bonchev–Trinajstić information content (AvgIpc) is 3.54. The topological polar surface area (TPSA) is 59.4 Å². The van der Waals surface area contributed by atoms with Gasteiger partial charge in [0.2, 0.25) is 5.91 Å². The minimum atomic E-state index is -0.787. The molecule has 0 bridgehead atoms. The maximum atomic E-state index is 14.2. The molecular formula is C36H37FN4O2. The largest absolute Gasteiger partial charge is 0.389 e. The van der Waals surface area contributed by atoms with Gasteiger partial charge in [0.1, 0.15) is 11.4 Å². The first-order valence-corrected chi connectivity index (χ1v) is 15.2. The minimum absolute atomic E-state index is 0.0381. The van der Waals surface area contributed by atoms with Crippen LogP contribution in [0, 0.1) is 5.82 Å². The number of β-amino-alcohol motifs (C(OH)–C–C–N with tert-alkyl or cyclic N) is 1. The number of benzene rings is 4. The molecule has 6 nitrogen and oxygen atoms in total. The molecule has 1 N–H and O–H groups in total. The number of amides is 1. The number of aliphatic hydroxyl groups excluding tert-OH is 1. The van der Waals surface area contributed by atoms with Crippen molar-refractivity contribution in [2.75, 3.05) is 37.7 Å². The number of carbonyl (C=O) groups is 1. The Hall–Kier alpha value is -4.07. The number of rotatable bonds is 7. The van der Waals surface area contributed by atoms with E-state index in [0.29, 0.717) is 25.6 Å². The molecule has 1 spiro atoms. The van der Waals surface area contributed by atoms with Crippen molar-refractivity contribution < 1.29 is 14.3 Å². The zero-order valence-corrected chi connectivity index (χ0v) is 24.5. The van der Waals surface area contributed by atoms with Gasteiger partial charge < -0.3 is 14.9 Å². The molecule has 4 aromatic carbocycles. The van der Waals surface area contributed by atoms with Gasteiger partial charge in [-0.2, -0.15) is 0 Å². The van der Waals surface area contributed by atoms with E-state index < -0.39 is 11.6 Å². The summed E-state index contributed by atoms with van der Waals surface area (Å²) in [6.45, 7) is 4.29. The Balaban J connectivity index is 1.10. The number of hydrogen-bond donors (Lipinski definition) is 1. The van der Waals surface area contributed by atoms with E-state index >= 15 is 0 Å². The smallest absolute Gasteiger partial charge is 0.250 e. The summed E-state index contributed by atoms with van der Waals surface area (Å²) in [7, 11) is 0. The zero-order chi connectivity index (χ0) is 29.6. The molecule has 43 heavy (non-hydrogen) atoms. The third kappa shape index (κ3) is 5.00. The van der Waals surface area contributed by atoms with Crippen molar-refractivity contribution in [1.82, 2.24) is 9.80 Å². The average molecular weight is 577 g/mol. The molecule has 4 aromatic rings. The molecule has 0 radical (unpaired) electrons. The number of nitrogens with zero attached hydrogens (tertiary/aromatic N) is 4. The first-order valence-electron chi connectivity index (χ1n) is 15.2. The van der Waals surface area contributed by atoms with Gasteiger partial charge in [-0.15, -0.1) is 0 Å². The molecular weight excluding hydrogens is 539 g/mol. The fraction of sp³-hybridized carbons (Fsp3) is 0.333. The molecule has 1 aliphatic carbocycles. The normalized spacial score (nSPS) is 20.9. The van der Waals surface area contributed by atoms with Crippen molar-refractivity contribution in [3.63, 3.8) is 0 Å². The Morgan fingerprint density at radius 2 is 1.70 bits per heavy atom. The number of aliphatic hydroxyl groups is 1. The predicted molar refractivity (Wildman–Crippen MR) is 169 cm³/mol. The predicted octanol–water partition coefficient (Wildman–Crippen LogP) is 5.59. The lowest BCUT2D eigenvalue weighted by atomic mass is 9.84. The van der Waals surface area contributed by atoms with Crippen molar-refractivity contribution >= 4 is 28.1 Å². The van der Waals surface area contributed by atoms with Crippen molar-refractivity contribution in [2.45, 2.75) is 43.9 Å². The van der Waals surface area contributed by atoms with Crippen molar-refractivity contribution in [1.29, 1.82) is 0 Å². The Labute approximate surface area is 252 Å². The Morgan fingerprint density at radius 3 is 2.44 bits per heavy atom. The summed E-state index contributed by atoms with van der Waals surface area (Å²) in [6.07, 6.45) is 1.54. The highest BCUT2D eigenvalue weighted by molar-refractivity contribution is 5.98. The molecule has 2 heterocycles. The quantitative estimate of drug-likeness (QED) is 0.292. The highest BCUT2D eigenvalue weighted by Gasteiger charge is 2.54. The van der Waals surface area contributed by atoms with E-state index in [-0.39, 0.29) is 24.8 Å². The third-order valence-electron chi connectivity index (χ3n) is 9.68. The minimum Gasteiger partial charge on any atom is -0.389 e. The Bertz CT molecular complexity index is 1660. The zero-order valence-electron chi connectivity index (χ0n) is 24.5. The van der Waals surface area contributed by atoms with Gasteiger partial charge in [0.15, 0.2) is 0 Å². The van der Waals surface area contributed by atoms with Crippen LogP contribution in [0.15, 0.2) is 96.0 Å². The van der Waals surface area contributed by atoms with Crippen LogP contribution in [-0.4, -0.2) is 71.0 Å². The maximum Gasteiger partial charge on any atom is 0.250 e. The fourth-order valence-corrected chi connectivity index (χ4v) is 7.43. The third-order valence-corrected chi connectivity index (χ3v) is 9.68. The molecule has 0 aromatic heterocycles. The van der Waals surface area contributed by atoms with Gasteiger partial charge in [-0.3, -0.25) is 14.7 Å². The molecule has 3 aliphatic rings. The molecule has 7 rings (SSSR count). The second kappa shape index (κ2) is 11.2. The molecule has 2 fully saturated rings. The molecule has 2 aliphatic heterocycles. The number of carbonyl (C=O) groups excluding carboxylic acids is 1. The van der Waals surface area contributed by atoms with E-state index in [0.717, 1.165) is 36.5 Å². The summed E-state index contributed by atoms with van der Waals surface area (Å²) in [5, 5.41) is 13.6. The van der Waals surface area contributed by atoms with E-state index in [1.165, 1.54) is 34.0 Å². The summed E-state index contributed by atoms with van der Waals surface area (Å²) in [5.41, 5.74) is 4.75. The Kier molecular flexibility index (Phi) is 7.23. The van der Waals surface area contributed by atoms with Crippen molar-refractivity contribution in [2.24, 2.45) is 4.99 Å². The number of aliphatic imine (C=N–C) groups is 1. The fourth-order valence-electron chi connectivity index (χ4n) is 7.43. The lowest BCUT2D eigenvalue weighted by molar-refractivity contribution is -0.134. The monoisotopic (exact) mass is 576 g/mol. The summed E-state index contributed by atoms with van der Waals surface area (Å²) in [6, 6.07) is 29.8. The first-order chi connectivity index (χ1) is 20.9. The van der Waals surface area contributed by atoms with Crippen LogP contribution in [0.1, 0.15) is 42.5 Å². The van der Waals surface area contributed by atoms with Gasteiger partial charge in [0.05, 0.1) is 25.9 Å². The molecule has 220 valence electrons. The van der Waals surface area contributed by atoms with Gasteiger partial charge in [-0.1, -0.05) is 66.7 Å². The number of halogens is 1. The van der Waals surface area contributed by atoms with Gasteiger partial charge in [0.25, 0.3) is 0 Å². The number of likely N-dealkylation sites (tertiary alicyclic amines) is 1. The molecule has 2 atom stereocenters. The highest BCUT2D eigenvalue weighted by Crippen LogP contribution is 2.45. The van der Waals surface area contributed by atoms with Crippen LogP contribution in [0.3, 0.4) is 0 Å². The number of anilines is 1. The van der Waals surface area contributed by atoms with E-state index in [1.807, 2.05) is 37.3 Å². The van der Waals surface area contributed by atoms with E-state index in [9.17, 15) is 14.3 Å². The summed E-state index contributed by atoms with van der Waals surface area (Å²) >= 11 is 0. The lowest BCUT2D eigenvalue weighted by Gasteiger charge is -2.45. The van der Waals surface area contributed by atoms with Crippen LogP contribution in [0.25, 0.3) is 10.8 Å². The van der Waals surface area contributed by atoms with Gasteiger partial charge in [0, 0.05) is 30.5 Å². The maximum absolute atomic E-state index is 14.2. The van der Waals surface area contributed by atoms with Crippen LogP contribution in [0.2, 0.25) is 0 Å². The molecule has 1 unspecified atom stereocenters. The van der Waals surface area contributed by atoms with Crippen LogP contribution >= 0.6 is 0 Å². The van der Waals surface area contributed by atoms with E-state index in [4.69, 9.17) is 0 Å². The molecule has 7 heteroatoms.